The first kappa shape index (κ1) is 20.6. The molecule has 0 fully saturated rings. The molecule has 0 radical (unpaired) electrons. The lowest BCUT2D eigenvalue weighted by atomic mass is 9.95. The summed E-state index contributed by atoms with van der Waals surface area (Å²) in [4.78, 5) is 23.0. The van der Waals surface area contributed by atoms with Gasteiger partial charge in [0, 0.05) is 11.5 Å². The Kier molecular flexibility index (Phi) is 9.45. The molecule has 0 saturated heterocycles. The van der Waals surface area contributed by atoms with Gasteiger partial charge in [-0.1, -0.05) is 0 Å². The van der Waals surface area contributed by atoms with Gasteiger partial charge in [0.1, 0.15) is 11.2 Å². The Morgan fingerprint density at radius 3 is 1.43 bits per heavy atom. The standard InChI is InChI=1S/C15H28O4S2/c1-14(2,18-12(16)6-10-20)8-5-9-15(3,4)19-13(17)7-11-21/h20-21H,5-11H2,1-4H3. The van der Waals surface area contributed by atoms with Gasteiger partial charge in [0.05, 0.1) is 12.8 Å². The summed E-state index contributed by atoms with van der Waals surface area (Å²) in [5.41, 5.74) is -1.02. The van der Waals surface area contributed by atoms with E-state index < -0.39 is 11.2 Å². The number of hydrogen-bond donors (Lipinski definition) is 2. The molecular weight excluding hydrogens is 308 g/mol. The van der Waals surface area contributed by atoms with Crippen molar-refractivity contribution in [2.75, 3.05) is 11.5 Å². The first-order chi connectivity index (χ1) is 9.62. The molecule has 0 aromatic rings. The van der Waals surface area contributed by atoms with Crippen molar-refractivity contribution in [1.82, 2.24) is 0 Å². The Labute approximate surface area is 139 Å². The molecule has 0 N–H and O–H groups in total. The summed E-state index contributed by atoms with van der Waals surface area (Å²) in [5, 5.41) is 0. The zero-order chi connectivity index (χ0) is 16.5. The van der Waals surface area contributed by atoms with Crippen molar-refractivity contribution in [3.05, 3.63) is 0 Å². The van der Waals surface area contributed by atoms with Crippen molar-refractivity contribution in [3.63, 3.8) is 0 Å². The van der Waals surface area contributed by atoms with Crippen molar-refractivity contribution < 1.29 is 19.1 Å². The van der Waals surface area contributed by atoms with Crippen molar-refractivity contribution >= 4 is 37.2 Å². The van der Waals surface area contributed by atoms with Crippen LogP contribution in [0.15, 0.2) is 0 Å². The molecule has 0 unspecified atom stereocenters. The lowest BCUT2D eigenvalue weighted by Crippen LogP contribution is -2.31. The van der Waals surface area contributed by atoms with Crippen LogP contribution in [0.2, 0.25) is 0 Å². The van der Waals surface area contributed by atoms with Crippen LogP contribution in [0.4, 0.5) is 0 Å². The molecule has 0 aromatic heterocycles. The third-order valence-electron chi connectivity index (χ3n) is 2.97. The van der Waals surface area contributed by atoms with E-state index in [1.807, 2.05) is 27.7 Å². The van der Waals surface area contributed by atoms with E-state index in [0.717, 1.165) is 19.3 Å². The predicted octanol–water partition coefficient (Wildman–Crippen LogP) is 3.44. The van der Waals surface area contributed by atoms with E-state index in [9.17, 15) is 9.59 Å². The largest absolute Gasteiger partial charge is 0.460 e. The summed E-state index contributed by atoms with van der Waals surface area (Å²) in [5.74, 6) is 0.524. The van der Waals surface area contributed by atoms with Crippen LogP contribution in [0.3, 0.4) is 0 Å². The van der Waals surface area contributed by atoms with Crippen molar-refractivity contribution in [3.8, 4) is 0 Å². The quantitative estimate of drug-likeness (QED) is 0.474. The van der Waals surface area contributed by atoms with E-state index in [4.69, 9.17) is 9.47 Å². The molecule has 0 aliphatic carbocycles. The minimum Gasteiger partial charge on any atom is -0.460 e. The van der Waals surface area contributed by atoms with Crippen molar-refractivity contribution in [1.29, 1.82) is 0 Å². The zero-order valence-electron chi connectivity index (χ0n) is 13.5. The molecule has 0 heterocycles. The van der Waals surface area contributed by atoms with Gasteiger partial charge in [-0.25, -0.2) is 0 Å². The Balaban J connectivity index is 4.15. The lowest BCUT2D eigenvalue weighted by Gasteiger charge is -2.29. The van der Waals surface area contributed by atoms with Gasteiger partial charge < -0.3 is 9.47 Å². The molecule has 0 rings (SSSR count). The van der Waals surface area contributed by atoms with E-state index in [2.05, 4.69) is 25.3 Å². The number of ether oxygens (including phenoxy) is 2. The molecule has 0 aliphatic rings. The van der Waals surface area contributed by atoms with E-state index in [1.165, 1.54) is 0 Å². The van der Waals surface area contributed by atoms with Crippen molar-refractivity contribution in [2.24, 2.45) is 0 Å². The lowest BCUT2D eigenvalue weighted by molar-refractivity contribution is -0.157. The van der Waals surface area contributed by atoms with Crippen LogP contribution in [0.1, 0.15) is 59.8 Å². The van der Waals surface area contributed by atoms with Crippen LogP contribution in [0.25, 0.3) is 0 Å². The molecule has 0 aliphatic heterocycles. The van der Waals surface area contributed by atoms with E-state index in [-0.39, 0.29) is 11.9 Å². The Hall–Kier alpha value is -0.360. The van der Waals surface area contributed by atoms with Gasteiger partial charge in [0.2, 0.25) is 0 Å². The minimum absolute atomic E-state index is 0.227. The molecule has 4 nitrogen and oxygen atoms in total. The molecule has 0 bridgehead atoms. The highest BCUT2D eigenvalue weighted by molar-refractivity contribution is 7.80. The first-order valence-electron chi connectivity index (χ1n) is 7.27. The van der Waals surface area contributed by atoms with Crippen LogP contribution in [-0.4, -0.2) is 34.6 Å². The number of thiol groups is 2. The van der Waals surface area contributed by atoms with Crippen LogP contribution in [-0.2, 0) is 19.1 Å². The highest BCUT2D eigenvalue weighted by Gasteiger charge is 2.26. The monoisotopic (exact) mass is 336 g/mol. The number of carbonyl (C=O) groups excluding carboxylic acids is 2. The second kappa shape index (κ2) is 9.62. The Bertz CT molecular complexity index is 309. The molecule has 0 saturated carbocycles. The molecule has 0 spiro atoms. The highest BCUT2D eigenvalue weighted by atomic mass is 32.1. The number of rotatable bonds is 10. The van der Waals surface area contributed by atoms with Crippen molar-refractivity contribution in [2.45, 2.75) is 71.0 Å². The summed E-state index contributed by atoms with van der Waals surface area (Å²) < 4.78 is 10.8. The van der Waals surface area contributed by atoms with Gasteiger partial charge in [-0.15, -0.1) is 0 Å². The fourth-order valence-corrected chi connectivity index (χ4v) is 2.31. The second-order valence-electron chi connectivity index (χ2n) is 6.27. The number of carbonyl (C=O) groups is 2. The van der Waals surface area contributed by atoms with Crippen LogP contribution < -0.4 is 0 Å². The molecule has 6 heteroatoms. The summed E-state index contributed by atoms with van der Waals surface area (Å²) in [6.07, 6.45) is 2.89. The highest BCUT2D eigenvalue weighted by Crippen LogP contribution is 2.24. The maximum absolute atomic E-state index is 11.5. The van der Waals surface area contributed by atoms with E-state index in [1.54, 1.807) is 0 Å². The number of hydrogen-bond acceptors (Lipinski definition) is 6. The van der Waals surface area contributed by atoms with Crippen LogP contribution in [0.5, 0.6) is 0 Å². The van der Waals surface area contributed by atoms with Crippen LogP contribution in [0, 0.1) is 0 Å². The fraction of sp³-hybridized carbons (Fsp3) is 0.867. The average Bonchev–Trinajstić information content (AvgIpc) is 2.26. The Morgan fingerprint density at radius 1 is 0.810 bits per heavy atom. The normalized spacial score (nSPS) is 12.1. The summed E-state index contributed by atoms with van der Waals surface area (Å²) in [6.45, 7) is 7.57. The molecule has 0 aromatic carbocycles. The predicted molar refractivity (Wildman–Crippen MR) is 91.1 cm³/mol. The minimum atomic E-state index is -0.509. The molecule has 21 heavy (non-hydrogen) atoms. The van der Waals surface area contributed by atoms with Gasteiger partial charge in [0.25, 0.3) is 0 Å². The maximum Gasteiger partial charge on any atom is 0.307 e. The maximum atomic E-state index is 11.5. The van der Waals surface area contributed by atoms with Gasteiger partial charge in [-0.3, -0.25) is 9.59 Å². The molecular formula is C15H28O4S2. The van der Waals surface area contributed by atoms with Gasteiger partial charge in [-0.2, -0.15) is 25.3 Å². The smallest absolute Gasteiger partial charge is 0.307 e. The summed E-state index contributed by atoms with van der Waals surface area (Å²) in [6, 6.07) is 0. The summed E-state index contributed by atoms with van der Waals surface area (Å²) in [7, 11) is 0. The van der Waals surface area contributed by atoms with Gasteiger partial charge in [0.15, 0.2) is 0 Å². The van der Waals surface area contributed by atoms with Crippen LogP contribution >= 0.6 is 25.3 Å². The SMILES string of the molecule is CC(C)(CCCC(C)(C)OC(=O)CCS)OC(=O)CCS. The molecule has 0 amide bonds. The van der Waals surface area contributed by atoms with Gasteiger partial charge >= 0.3 is 11.9 Å². The van der Waals surface area contributed by atoms with E-state index >= 15 is 0 Å². The Morgan fingerprint density at radius 2 is 1.14 bits per heavy atom. The fourth-order valence-electron chi connectivity index (χ4n) is 1.94. The summed E-state index contributed by atoms with van der Waals surface area (Å²) >= 11 is 8.02. The third-order valence-corrected chi connectivity index (χ3v) is 3.42. The molecule has 0 atom stereocenters. The topological polar surface area (TPSA) is 52.6 Å². The van der Waals surface area contributed by atoms with E-state index in [0.29, 0.717) is 24.3 Å². The zero-order valence-corrected chi connectivity index (χ0v) is 15.3. The third kappa shape index (κ3) is 10.9. The van der Waals surface area contributed by atoms with Gasteiger partial charge in [-0.05, 0) is 47.0 Å². The average molecular weight is 337 g/mol. The second-order valence-corrected chi connectivity index (χ2v) is 7.16. The molecule has 124 valence electrons. The first-order valence-corrected chi connectivity index (χ1v) is 8.54. The number of esters is 2.